The lowest BCUT2D eigenvalue weighted by molar-refractivity contribution is 0.894. The van der Waals surface area contributed by atoms with Crippen molar-refractivity contribution in [1.29, 1.82) is 0 Å². The predicted octanol–water partition coefficient (Wildman–Crippen LogP) is 3.55. The fourth-order valence-corrected chi connectivity index (χ4v) is 2.46. The quantitative estimate of drug-likeness (QED) is 0.837. The lowest BCUT2D eigenvalue weighted by Gasteiger charge is -2.13. The predicted molar refractivity (Wildman–Crippen MR) is 81.9 cm³/mol. The van der Waals surface area contributed by atoms with Gasteiger partial charge in [-0.25, -0.2) is 4.98 Å². The Kier molecular flexibility index (Phi) is 4.11. The third kappa shape index (κ3) is 3.16. The second-order valence-corrected chi connectivity index (χ2v) is 5.14. The van der Waals surface area contributed by atoms with E-state index in [0.29, 0.717) is 16.0 Å². The molecule has 0 atom stereocenters. The topological polar surface area (TPSA) is 44.5 Å². The highest BCUT2D eigenvalue weighted by Crippen LogP contribution is 2.19. The van der Waals surface area contributed by atoms with Crippen molar-refractivity contribution in [3.63, 3.8) is 0 Å². The Hall–Kier alpha value is -1.24. The van der Waals surface area contributed by atoms with Crippen LogP contribution in [-0.2, 0) is 6.42 Å². The molecule has 2 rings (SSSR count). The minimum Gasteiger partial charge on any atom is -0.320 e. The van der Waals surface area contributed by atoms with Gasteiger partial charge < -0.3 is 9.97 Å². The van der Waals surface area contributed by atoms with Crippen LogP contribution >= 0.6 is 36.7 Å². The van der Waals surface area contributed by atoms with E-state index in [1.165, 1.54) is 0 Å². The number of allylic oxidation sites excluding steroid dienone is 5. The Bertz CT molecular complexity index is 648. The van der Waals surface area contributed by atoms with Crippen molar-refractivity contribution in [1.82, 2.24) is 15.0 Å². The summed E-state index contributed by atoms with van der Waals surface area (Å²) in [4.78, 5) is 10.8. The second kappa shape index (κ2) is 5.60. The number of H-pyrrole nitrogens is 2. The van der Waals surface area contributed by atoms with Crippen molar-refractivity contribution in [2.75, 3.05) is 0 Å². The molecule has 3 nitrogen and oxygen atoms in total. The zero-order chi connectivity index (χ0) is 13.1. The van der Waals surface area contributed by atoms with Gasteiger partial charge in [-0.3, -0.25) is 0 Å². The van der Waals surface area contributed by atoms with E-state index in [9.17, 15) is 0 Å². The zero-order valence-electron chi connectivity index (χ0n) is 9.53. The maximum absolute atomic E-state index is 5.38. The van der Waals surface area contributed by atoms with Crippen molar-refractivity contribution >= 4 is 41.5 Å². The Morgan fingerprint density at radius 2 is 2.06 bits per heavy atom. The van der Waals surface area contributed by atoms with Crippen LogP contribution in [-0.4, -0.2) is 19.8 Å². The summed E-state index contributed by atoms with van der Waals surface area (Å²) >= 11 is 15.4. The summed E-state index contributed by atoms with van der Waals surface area (Å²) in [5.74, 6) is 0.729. The minimum atomic E-state index is 0.387. The van der Waals surface area contributed by atoms with E-state index in [-0.39, 0.29) is 0 Å². The molecule has 92 valence electrons. The van der Waals surface area contributed by atoms with Crippen LogP contribution in [0.1, 0.15) is 12.2 Å². The van der Waals surface area contributed by atoms with Crippen molar-refractivity contribution in [3.05, 3.63) is 51.3 Å². The maximum atomic E-state index is 5.38. The number of aromatic amines is 2. The molecule has 0 radical (unpaired) electrons. The average Bonchev–Trinajstić information content (AvgIpc) is 2.30. The highest BCUT2D eigenvalue weighted by Gasteiger charge is 2.12. The molecular formula is C12H11N3S3. The molecule has 0 amide bonds. The van der Waals surface area contributed by atoms with Crippen molar-refractivity contribution in [3.8, 4) is 0 Å². The van der Waals surface area contributed by atoms with Gasteiger partial charge in [0, 0.05) is 17.7 Å². The fourth-order valence-electron chi connectivity index (χ4n) is 1.66. The third-order valence-corrected chi connectivity index (χ3v) is 3.36. The first-order valence-electron chi connectivity index (χ1n) is 5.33. The first kappa shape index (κ1) is 13.2. The third-order valence-electron chi connectivity index (χ3n) is 2.56. The number of rotatable bonds is 3. The van der Waals surface area contributed by atoms with Gasteiger partial charge in [-0.05, 0) is 35.6 Å². The number of thiocarbonyl (C=S) groups is 1. The SMILES string of the molecule is C=CC1=CC=C(Cc2nc(=S)[nH]c(=S)[nH]2)C(=S)C1. The van der Waals surface area contributed by atoms with Crippen molar-refractivity contribution in [2.24, 2.45) is 0 Å². The van der Waals surface area contributed by atoms with Crippen molar-refractivity contribution < 1.29 is 0 Å². The zero-order valence-corrected chi connectivity index (χ0v) is 12.0. The molecule has 1 aromatic heterocycles. The molecule has 0 spiro atoms. The molecule has 18 heavy (non-hydrogen) atoms. The summed E-state index contributed by atoms with van der Waals surface area (Å²) in [6, 6.07) is 0. The van der Waals surface area contributed by atoms with Crippen LogP contribution in [0.4, 0.5) is 0 Å². The van der Waals surface area contributed by atoms with Gasteiger partial charge in [0.05, 0.1) is 0 Å². The molecule has 6 heteroatoms. The largest absolute Gasteiger partial charge is 0.320 e. The normalized spacial score (nSPS) is 15.0. The van der Waals surface area contributed by atoms with Gasteiger partial charge in [0.2, 0.25) is 4.77 Å². The van der Waals surface area contributed by atoms with E-state index in [2.05, 4.69) is 21.5 Å². The number of nitrogens with one attached hydrogen (secondary N) is 2. The Balaban J connectivity index is 2.29. The second-order valence-electron chi connectivity index (χ2n) is 3.86. The smallest absolute Gasteiger partial charge is 0.200 e. The minimum absolute atomic E-state index is 0.387. The van der Waals surface area contributed by atoms with E-state index >= 15 is 0 Å². The molecule has 0 saturated heterocycles. The highest BCUT2D eigenvalue weighted by atomic mass is 32.1. The molecule has 1 aliphatic carbocycles. The van der Waals surface area contributed by atoms with Gasteiger partial charge in [-0.15, -0.1) is 0 Å². The monoisotopic (exact) mass is 293 g/mol. The molecule has 1 heterocycles. The van der Waals surface area contributed by atoms with E-state index in [4.69, 9.17) is 36.7 Å². The lowest BCUT2D eigenvalue weighted by atomic mass is 9.96. The summed E-state index contributed by atoms with van der Waals surface area (Å²) in [6.45, 7) is 3.74. The van der Waals surface area contributed by atoms with E-state index in [1.807, 2.05) is 18.2 Å². The number of hydrogen-bond donors (Lipinski definition) is 2. The van der Waals surface area contributed by atoms with Crippen LogP contribution in [0, 0.1) is 9.54 Å². The van der Waals surface area contributed by atoms with Crippen LogP contribution in [0.5, 0.6) is 0 Å². The number of hydrogen-bond acceptors (Lipinski definition) is 4. The summed E-state index contributed by atoms with van der Waals surface area (Å²) < 4.78 is 0.869. The Morgan fingerprint density at radius 1 is 1.28 bits per heavy atom. The molecule has 0 saturated carbocycles. The summed E-state index contributed by atoms with van der Waals surface area (Å²) in [5.41, 5.74) is 2.20. The Morgan fingerprint density at radius 3 is 2.67 bits per heavy atom. The number of nitrogens with zero attached hydrogens (tertiary/aromatic N) is 1. The first-order valence-corrected chi connectivity index (χ1v) is 6.56. The van der Waals surface area contributed by atoms with Crippen LogP contribution in [0.3, 0.4) is 0 Å². The summed E-state index contributed by atoms with van der Waals surface area (Å²) in [5, 5.41) is 0. The molecule has 0 aromatic carbocycles. The highest BCUT2D eigenvalue weighted by molar-refractivity contribution is 7.80. The van der Waals surface area contributed by atoms with Gasteiger partial charge in [-0.2, -0.15) is 0 Å². The van der Waals surface area contributed by atoms with Crippen LogP contribution in [0.2, 0.25) is 0 Å². The van der Waals surface area contributed by atoms with Crippen LogP contribution in [0.25, 0.3) is 0 Å². The Labute approximate surface area is 120 Å². The molecule has 2 N–H and O–H groups in total. The molecular weight excluding hydrogens is 282 g/mol. The van der Waals surface area contributed by atoms with Gasteiger partial charge in [0.25, 0.3) is 0 Å². The van der Waals surface area contributed by atoms with E-state index < -0.39 is 0 Å². The standard InChI is InChI=1S/C12H11N3S3/c1-2-7-3-4-8(9(16)5-7)6-10-13-11(17)15-12(18)14-10/h2-4H,1,5-6H2,(H2,13,14,15,17,18). The van der Waals surface area contributed by atoms with Gasteiger partial charge >= 0.3 is 0 Å². The van der Waals surface area contributed by atoms with E-state index in [0.717, 1.165) is 28.3 Å². The molecule has 1 aliphatic rings. The lowest BCUT2D eigenvalue weighted by Crippen LogP contribution is -2.10. The molecule has 0 bridgehead atoms. The molecule has 0 fully saturated rings. The fraction of sp³-hybridized carbons (Fsp3) is 0.167. The average molecular weight is 293 g/mol. The van der Waals surface area contributed by atoms with Gasteiger partial charge in [0.15, 0.2) is 4.77 Å². The van der Waals surface area contributed by atoms with E-state index in [1.54, 1.807) is 0 Å². The molecule has 1 aromatic rings. The van der Waals surface area contributed by atoms with Crippen LogP contribution in [0.15, 0.2) is 36.0 Å². The maximum Gasteiger partial charge on any atom is 0.200 e. The van der Waals surface area contributed by atoms with Gasteiger partial charge in [0.1, 0.15) is 5.82 Å². The summed E-state index contributed by atoms with van der Waals surface area (Å²) in [6.07, 6.45) is 7.22. The van der Waals surface area contributed by atoms with Crippen LogP contribution < -0.4 is 0 Å². The van der Waals surface area contributed by atoms with Crippen molar-refractivity contribution in [2.45, 2.75) is 12.8 Å². The molecule has 0 aliphatic heterocycles. The van der Waals surface area contributed by atoms with Gasteiger partial charge in [-0.1, -0.05) is 37.0 Å². The molecule has 0 unspecified atom stereocenters. The summed E-state index contributed by atoms with van der Waals surface area (Å²) in [7, 11) is 0. The number of aromatic nitrogens is 3. The first-order chi connectivity index (χ1) is 8.58.